The van der Waals surface area contributed by atoms with Crippen LogP contribution in [0.3, 0.4) is 0 Å². The molecule has 0 bridgehead atoms. The minimum atomic E-state index is -4.41. The van der Waals surface area contributed by atoms with Crippen molar-refractivity contribution in [1.82, 2.24) is 15.6 Å². The Hall–Kier alpha value is -4.92. The molecule has 6 N–H and O–H groups in total. The summed E-state index contributed by atoms with van der Waals surface area (Å²) in [5, 5.41) is 19.4. The van der Waals surface area contributed by atoms with Gasteiger partial charge in [0.15, 0.2) is 11.5 Å². The predicted octanol–water partition coefficient (Wildman–Crippen LogP) is 3.71. The number of piperidine rings is 1. The van der Waals surface area contributed by atoms with Crippen molar-refractivity contribution >= 4 is 34.8 Å². The number of nitrogens with zero attached hydrogens (tertiary/aromatic N) is 3. The Labute approximate surface area is 276 Å². The lowest BCUT2D eigenvalue weighted by Crippen LogP contribution is -2.46. The van der Waals surface area contributed by atoms with Crippen molar-refractivity contribution in [3.05, 3.63) is 77.4 Å². The second-order valence-electron chi connectivity index (χ2n) is 11.5. The van der Waals surface area contributed by atoms with E-state index in [1.165, 1.54) is 24.4 Å². The molecule has 5 rings (SSSR count). The van der Waals surface area contributed by atoms with E-state index in [4.69, 9.17) is 10.5 Å². The number of anilines is 1. The SMILES string of the molecule is C=CN=C(C(=O)N1CCC2(CCC3=C2C(=O)CN3)CC1)/C(O)=C\C.N/C(=N\NCC(=O)Nc1ccc(C(F)(F)F)cc1)C1=CCOCC1. The number of amidine groups is 1. The number of fused-ring (bicyclic) bond motifs is 1. The molecule has 1 aromatic carbocycles. The largest absolute Gasteiger partial charge is 0.506 e. The molecule has 1 fully saturated rings. The van der Waals surface area contributed by atoms with Gasteiger partial charge in [0.05, 0.1) is 25.3 Å². The molecule has 4 aliphatic rings. The molecule has 1 saturated heterocycles. The average Bonchev–Trinajstić information content (AvgIpc) is 3.64. The number of amides is 2. The van der Waals surface area contributed by atoms with E-state index in [2.05, 4.69) is 32.7 Å². The first-order valence-corrected chi connectivity index (χ1v) is 15.5. The Bertz CT molecular complexity index is 1550. The number of nitrogens with one attached hydrogen (secondary N) is 3. The fraction of sp³-hybridized carbons (Fsp3) is 0.424. The van der Waals surface area contributed by atoms with Crippen LogP contribution < -0.4 is 21.8 Å². The zero-order chi connectivity index (χ0) is 34.9. The molecule has 15 heteroatoms. The Morgan fingerprint density at radius 1 is 1.19 bits per heavy atom. The second-order valence-corrected chi connectivity index (χ2v) is 11.5. The monoisotopic (exact) mass is 671 g/mol. The summed E-state index contributed by atoms with van der Waals surface area (Å²) in [5.41, 5.74) is 10.7. The van der Waals surface area contributed by atoms with Crippen molar-refractivity contribution < 1.29 is 37.4 Å². The molecule has 2 amide bonds. The van der Waals surface area contributed by atoms with E-state index in [-0.39, 0.29) is 46.6 Å². The van der Waals surface area contributed by atoms with Crippen molar-refractivity contribution in [3.63, 3.8) is 0 Å². The molecule has 3 heterocycles. The van der Waals surface area contributed by atoms with Gasteiger partial charge in [-0.25, -0.2) is 4.99 Å². The maximum absolute atomic E-state index is 12.6. The van der Waals surface area contributed by atoms with Crippen molar-refractivity contribution in [2.45, 2.75) is 45.2 Å². The smallest absolute Gasteiger partial charge is 0.416 e. The van der Waals surface area contributed by atoms with Crippen LogP contribution in [-0.2, 0) is 25.3 Å². The lowest BCUT2D eigenvalue weighted by Gasteiger charge is -2.40. The molecular weight excluding hydrogens is 631 g/mol. The summed E-state index contributed by atoms with van der Waals surface area (Å²) < 4.78 is 42.5. The number of aliphatic hydroxyl groups is 1. The fourth-order valence-electron chi connectivity index (χ4n) is 6.07. The number of alkyl halides is 3. The van der Waals surface area contributed by atoms with Gasteiger partial charge in [0, 0.05) is 41.7 Å². The molecule has 1 aromatic rings. The molecule has 48 heavy (non-hydrogen) atoms. The second kappa shape index (κ2) is 15.8. The number of aliphatic imine (C=N–C) groups is 1. The van der Waals surface area contributed by atoms with E-state index in [9.17, 15) is 32.7 Å². The van der Waals surface area contributed by atoms with Gasteiger partial charge in [0.25, 0.3) is 5.91 Å². The lowest BCUT2D eigenvalue weighted by molar-refractivity contribution is -0.137. The third-order valence-corrected chi connectivity index (χ3v) is 8.60. The number of hydrogen-bond acceptors (Lipinski definition) is 9. The summed E-state index contributed by atoms with van der Waals surface area (Å²) in [6.45, 7) is 7.58. The van der Waals surface area contributed by atoms with E-state index in [0.29, 0.717) is 39.3 Å². The number of halogens is 3. The first-order valence-electron chi connectivity index (χ1n) is 15.5. The standard InChI is InChI=1S/C18H23N3O3.C15H17F3N4O2/c1-3-13(22)16(19-4-2)17(24)21-9-7-18(8-10-21)6-5-12-15(18)14(23)11-20-12;16-15(17,18)11-1-3-12(4-2-11)21-13(23)9-20-22-14(19)10-5-7-24-8-6-10/h3-4,20,22H,2,5-11H2,1H3;1-5,20H,6-9H2,(H2,19,22)(H,21,23)/b13-3+,19-16?;. The van der Waals surface area contributed by atoms with Gasteiger partial charge in [-0.15, -0.1) is 0 Å². The number of likely N-dealkylation sites (tertiary alicyclic amines) is 1. The number of carbonyl (C=O) groups is 3. The van der Waals surface area contributed by atoms with Gasteiger partial charge in [-0.3, -0.25) is 19.8 Å². The highest BCUT2D eigenvalue weighted by Gasteiger charge is 2.48. The fourth-order valence-corrected chi connectivity index (χ4v) is 6.07. The van der Waals surface area contributed by atoms with E-state index < -0.39 is 17.6 Å². The minimum Gasteiger partial charge on any atom is -0.506 e. The Morgan fingerprint density at radius 2 is 1.90 bits per heavy atom. The molecule has 1 aliphatic carbocycles. The molecule has 0 saturated carbocycles. The quantitative estimate of drug-likeness (QED) is 0.121. The van der Waals surface area contributed by atoms with E-state index in [1.54, 1.807) is 11.8 Å². The average molecular weight is 672 g/mol. The third kappa shape index (κ3) is 8.70. The van der Waals surface area contributed by atoms with Crippen LogP contribution in [0.4, 0.5) is 18.9 Å². The number of rotatable bonds is 8. The summed E-state index contributed by atoms with van der Waals surface area (Å²) in [6, 6.07) is 4.17. The molecule has 3 aliphatic heterocycles. The molecule has 0 atom stereocenters. The van der Waals surface area contributed by atoms with Crippen LogP contribution >= 0.6 is 0 Å². The van der Waals surface area contributed by atoms with Crippen molar-refractivity contribution in [2.24, 2.45) is 21.2 Å². The number of nitrogens with two attached hydrogens (primary N) is 1. The number of Topliss-reactive ketones (excluding diaryl/α,β-unsaturated/α-hetero) is 1. The van der Waals surface area contributed by atoms with Gasteiger partial charge in [-0.2, -0.15) is 18.3 Å². The maximum atomic E-state index is 12.6. The first-order chi connectivity index (χ1) is 22.9. The summed E-state index contributed by atoms with van der Waals surface area (Å²) >= 11 is 0. The Morgan fingerprint density at radius 3 is 2.50 bits per heavy atom. The molecule has 0 aromatic heterocycles. The number of ketones is 1. The molecule has 258 valence electrons. The molecule has 0 radical (unpaired) electrons. The van der Waals surface area contributed by atoms with Crippen LogP contribution in [-0.4, -0.2) is 78.5 Å². The normalized spacial score (nSPS) is 19.6. The van der Waals surface area contributed by atoms with Crippen LogP contribution in [0.2, 0.25) is 0 Å². The van der Waals surface area contributed by atoms with Gasteiger partial charge >= 0.3 is 6.18 Å². The first kappa shape index (κ1) is 35.9. The van der Waals surface area contributed by atoms with Crippen LogP contribution in [0.15, 0.2) is 81.9 Å². The zero-order valence-electron chi connectivity index (χ0n) is 26.7. The molecular formula is C33H40F3N7O5. The van der Waals surface area contributed by atoms with E-state index in [0.717, 1.165) is 54.7 Å². The van der Waals surface area contributed by atoms with E-state index >= 15 is 0 Å². The van der Waals surface area contributed by atoms with Gasteiger partial charge in [0.2, 0.25) is 5.91 Å². The number of benzene rings is 1. The van der Waals surface area contributed by atoms with Crippen molar-refractivity contribution in [3.8, 4) is 0 Å². The zero-order valence-corrected chi connectivity index (χ0v) is 26.7. The maximum Gasteiger partial charge on any atom is 0.416 e. The van der Waals surface area contributed by atoms with Gasteiger partial charge in [0.1, 0.15) is 18.1 Å². The van der Waals surface area contributed by atoms with Crippen LogP contribution in [0, 0.1) is 5.41 Å². The number of hydrogen-bond donors (Lipinski definition) is 5. The highest BCUT2D eigenvalue weighted by atomic mass is 19.4. The highest BCUT2D eigenvalue weighted by molar-refractivity contribution is 6.44. The number of aliphatic hydroxyl groups excluding tert-OH is 1. The molecule has 0 unspecified atom stereocenters. The number of carbonyl (C=O) groups excluding carboxylic acids is 3. The van der Waals surface area contributed by atoms with Gasteiger partial charge < -0.3 is 31.1 Å². The van der Waals surface area contributed by atoms with Crippen molar-refractivity contribution in [1.29, 1.82) is 0 Å². The topological polar surface area (TPSA) is 171 Å². The summed E-state index contributed by atoms with van der Waals surface area (Å²) in [4.78, 5) is 42.2. The van der Waals surface area contributed by atoms with E-state index in [1.807, 2.05) is 6.08 Å². The number of hydrazone groups is 1. The minimum absolute atomic E-state index is 0.0217. The number of allylic oxidation sites excluding steroid dienone is 2. The predicted molar refractivity (Wildman–Crippen MR) is 175 cm³/mol. The third-order valence-electron chi connectivity index (χ3n) is 8.60. The van der Waals surface area contributed by atoms with Gasteiger partial charge in [-0.05, 0) is 74.9 Å². The Kier molecular flexibility index (Phi) is 11.8. The highest BCUT2D eigenvalue weighted by Crippen LogP contribution is 2.51. The Balaban J connectivity index is 0.000000217. The van der Waals surface area contributed by atoms with Crippen LogP contribution in [0.25, 0.3) is 0 Å². The summed E-state index contributed by atoms with van der Waals surface area (Å²) in [5.74, 6) is -0.389. The van der Waals surface area contributed by atoms with Crippen LogP contribution in [0.1, 0.15) is 44.6 Å². The van der Waals surface area contributed by atoms with Crippen LogP contribution in [0.5, 0.6) is 0 Å². The van der Waals surface area contributed by atoms with Crippen molar-refractivity contribution in [2.75, 3.05) is 44.7 Å². The number of ether oxygens (including phenoxy) is 1. The lowest BCUT2D eigenvalue weighted by atomic mass is 9.72. The summed E-state index contributed by atoms with van der Waals surface area (Å²) in [7, 11) is 0. The molecule has 1 spiro atoms. The van der Waals surface area contributed by atoms with Gasteiger partial charge in [-0.1, -0.05) is 12.7 Å². The summed E-state index contributed by atoms with van der Waals surface area (Å²) in [6.07, 6.45) is 4.23. The molecule has 12 nitrogen and oxygen atoms in total.